The Balaban J connectivity index is 2.05. The highest BCUT2D eigenvalue weighted by Gasteiger charge is 2.52. The average molecular weight is 196 g/mol. The maximum absolute atomic E-state index is 12.2. The van der Waals surface area contributed by atoms with Crippen LogP contribution >= 0.6 is 0 Å². The van der Waals surface area contributed by atoms with Gasteiger partial charge in [0, 0.05) is 19.1 Å². The van der Waals surface area contributed by atoms with Crippen molar-refractivity contribution in [3.05, 3.63) is 0 Å². The van der Waals surface area contributed by atoms with E-state index in [-0.39, 0.29) is 5.41 Å². The summed E-state index contributed by atoms with van der Waals surface area (Å²) in [5, 5.41) is 0. The van der Waals surface area contributed by atoms with Crippen LogP contribution in [0.1, 0.15) is 33.1 Å². The predicted molar refractivity (Wildman–Crippen MR) is 55.7 cm³/mol. The zero-order valence-corrected chi connectivity index (χ0v) is 9.12. The first kappa shape index (κ1) is 9.97. The Bertz CT molecular complexity index is 248. The van der Waals surface area contributed by atoms with Gasteiger partial charge in [-0.3, -0.25) is 4.79 Å². The average Bonchev–Trinajstić information content (AvgIpc) is 2.87. The molecule has 2 fully saturated rings. The van der Waals surface area contributed by atoms with Gasteiger partial charge in [0.05, 0.1) is 5.41 Å². The number of nitrogens with zero attached hydrogens (tertiary/aromatic N) is 1. The molecule has 1 heterocycles. The van der Waals surface area contributed by atoms with Crippen molar-refractivity contribution in [1.82, 2.24) is 4.90 Å². The quantitative estimate of drug-likeness (QED) is 0.715. The van der Waals surface area contributed by atoms with Gasteiger partial charge in [-0.25, -0.2) is 0 Å². The molecule has 1 amide bonds. The molecule has 0 radical (unpaired) electrons. The lowest BCUT2D eigenvalue weighted by atomic mass is 10.1. The van der Waals surface area contributed by atoms with Crippen molar-refractivity contribution < 1.29 is 4.79 Å². The summed E-state index contributed by atoms with van der Waals surface area (Å²) in [6, 6.07) is 0.418. The summed E-state index contributed by atoms with van der Waals surface area (Å²) in [6.45, 7) is 5.82. The third-order valence-corrected chi connectivity index (χ3v) is 3.74. The SMILES string of the molecule is CC1CC(C)N(C(=O)C2(CN)CC2)C1. The summed E-state index contributed by atoms with van der Waals surface area (Å²) in [6.07, 6.45) is 3.15. The molecule has 2 atom stereocenters. The van der Waals surface area contributed by atoms with Gasteiger partial charge in [0.25, 0.3) is 0 Å². The summed E-state index contributed by atoms with van der Waals surface area (Å²) in [5.41, 5.74) is 5.52. The van der Waals surface area contributed by atoms with E-state index in [1.807, 2.05) is 4.90 Å². The molecule has 0 aromatic rings. The summed E-state index contributed by atoms with van der Waals surface area (Å²) >= 11 is 0. The number of carbonyl (C=O) groups is 1. The van der Waals surface area contributed by atoms with Crippen molar-refractivity contribution in [1.29, 1.82) is 0 Å². The molecule has 0 aromatic carbocycles. The van der Waals surface area contributed by atoms with Gasteiger partial charge in [-0.2, -0.15) is 0 Å². The normalized spacial score (nSPS) is 34.6. The van der Waals surface area contributed by atoms with Crippen molar-refractivity contribution in [3.8, 4) is 0 Å². The molecule has 1 saturated heterocycles. The van der Waals surface area contributed by atoms with Crippen LogP contribution in [-0.2, 0) is 4.79 Å². The lowest BCUT2D eigenvalue weighted by Gasteiger charge is -2.26. The molecule has 2 N–H and O–H groups in total. The van der Waals surface area contributed by atoms with Gasteiger partial charge in [0.1, 0.15) is 0 Å². The first-order chi connectivity index (χ1) is 6.59. The van der Waals surface area contributed by atoms with Crippen LogP contribution < -0.4 is 5.73 Å². The Labute approximate surface area is 85.6 Å². The van der Waals surface area contributed by atoms with Crippen LogP contribution in [0.2, 0.25) is 0 Å². The predicted octanol–water partition coefficient (Wildman–Crippen LogP) is 0.982. The van der Waals surface area contributed by atoms with E-state index in [2.05, 4.69) is 13.8 Å². The van der Waals surface area contributed by atoms with E-state index >= 15 is 0 Å². The van der Waals surface area contributed by atoms with Crippen LogP contribution in [0.5, 0.6) is 0 Å². The van der Waals surface area contributed by atoms with Crippen LogP contribution in [0.4, 0.5) is 0 Å². The fraction of sp³-hybridized carbons (Fsp3) is 0.909. The first-order valence-corrected chi connectivity index (χ1v) is 5.60. The minimum Gasteiger partial charge on any atom is -0.339 e. The van der Waals surface area contributed by atoms with E-state index in [4.69, 9.17) is 5.73 Å². The minimum atomic E-state index is -0.154. The number of hydrogen-bond acceptors (Lipinski definition) is 2. The molecule has 80 valence electrons. The molecule has 1 saturated carbocycles. The second-order valence-electron chi connectivity index (χ2n) is 5.13. The van der Waals surface area contributed by atoms with Crippen LogP contribution in [0, 0.1) is 11.3 Å². The van der Waals surface area contributed by atoms with Gasteiger partial charge in [-0.05, 0) is 32.1 Å². The fourth-order valence-electron chi connectivity index (χ4n) is 2.54. The monoisotopic (exact) mass is 196 g/mol. The molecule has 14 heavy (non-hydrogen) atoms. The second kappa shape index (κ2) is 3.23. The van der Waals surface area contributed by atoms with Crippen molar-refractivity contribution in [2.24, 2.45) is 17.1 Å². The minimum absolute atomic E-state index is 0.154. The van der Waals surface area contributed by atoms with Crippen LogP contribution in [-0.4, -0.2) is 29.9 Å². The lowest BCUT2D eigenvalue weighted by molar-refractivity contribution is -0.137. The highest BCUT2D eigenvalue weighted by atomic mass is 16.2. The van der Waals surface area contributed by atoms with Crippen LogP contribution in [0.15, 0.2) is 0 Å². The standard InChI is InChI=1S/C11H20N2O/c1-8-5-9(2)13(6-8)10(14)11(7-12)3-4-11/h8-9H,3-7,12H2,1-2H3. The van der Waals surface area contributed by atoms with Gasteiger partial charge >= 0.3 is 0 Å². The summed E-state index contributed by atoms with van der Waals surface area (Å²) < 4.78 is 0. The maximum Gasteiger partial charge on any atom is 0.230 e. The van der Waals surface area contributed by atoms with Crippen molar-refractivity contribution >= 4 is 5.91 Å². The van der Waals surface area contributed by atoms with Gasteiger partial charge < -0.3 is 10.6 Å². The van der Waals surface area contributed by atoms with E-state index in [0.29, 0.717) is 24.4 Å². The van der Waals surface area contributed by atoms with E-state index < -0.39 is 0 Å². The van der Waals surface area contributed by atoms with Gasteiger partial charge in [0.15, 0.2) is 0 Å². The number of likely N-dealkylation sites (tertiary alicyclic amines) is 1. The maximum atomic E-state index is 12.2. The van der Waals surface area contributed by atoms with Crippen LogP contribution in [0.3, 0.4) is 0 Å². The fourth-order valence-corrected chi connectivity index (χ4v) is 2.54. The zero-order chi connectivity index (χ0) is 10.3. The lowest BCUT2D eigenvalue weighted by Crippen LogP contribution is -2.42. The number of carbonyl (C=O) groups excluding carboxylic acids is 1. The smallest absolute Gasteiger partial charge is 0.230 e. The molecule has 1 aliphatic carbocycles. The molecule has 1 aliphatic heterocycles. The Kier molecular flexibility index (Phi) is 2.30. The molecule has 2 aliphatic rings. The Morgan fingerprint density at radius 2 is 2.14 bits per heavy atom. The molecule has 0 aromatic heterocycles. The number of rotatable bonds is 2. The van der Waals surface area contributed by atoms with Gasteiger partial charge in [0.2, 0.25) is 5.91 Å². The summed E-state index contributed by atoms with van der Waals surface area (Å²) in [7, 11) is 0. The molecule has 0 bridgehead atoms. The zero-order valence-electron chi connectivity index (χ0n) is 9.12. The highest BCUT2D eigenvalue weighted by Crippen LogP contribution is 2.47. The van der Waals surface area contributed by atoms with Gasteiger partial charge in [-0.15, -0.1) is 0 Å². The Morgan fingerprint density at radius 3 is 2.50 bits per heavy atom. The van der Waals surface area contributed by atoms with Gasteiger partial charge in [-0.1, -0.05) is 6.92 Å². The number of hydrogen-bond donors (Lipinski definition) is 1. The Hall–Kier alpha value is -0.570. The molecular weight excluding hydrogens is 176 g/mol. The highest BCUT2D eigenvalue weighted by molar-refractivity contribution is 5.86. The third kappa shape index (κ3) is 1.44. The molecular formula is C11H20N2O. The molecule has 3 nitrogen and oxygen atoms in total. The van der Waals surface area contributed by atoms with Crippen molar-refractivity contribution in [2.75, 3.05) is 13.1 Å². The number of nitrogens with two attached hydrogens (primary N) is 1. The third-order valence-electron chi connectivity index (χ3n) is 3.74. The molecule has 0 spiro atoms. The second-order valence-corrected chi connectivity index (χ2v) is 5.13. The van der Waals surface area contributed by atoms with E-state index in [0.717, 1.165) is 25.8 Å². The summed E-state index contributed by atoms with van der Waals surface area (Å²) in [4.78, 5) is 14.2. The van der Waals surface area contributed by atoms with E-state index in [1.165, 1.54) is 0 Å². The molecule has 2 rings (SSSR count). The number of amides is 1. The van der Waals surface area contributed by atoms with E-state index in [9.17, 15) is 4.79 Å². The Morgan fingerprint density at radius 1 is 1.50 bits per heavy atom. The van der Waals surface area contributed by atoms with Crippen molar-refractivity contribution in [3.63, 3.8) is 0 Å². The topological polar surface area (TPSA) is 46.3 Å². The van der Waals surface area contributed by atoms with Crippen LogP contribution in [0.25, 0.3) is 0 Å². The molecule has 2 unspecified atom stereocenters. The van der Waals surface area contributed by atoms with Crippen molar-refractivity contribution in [2.45, 2.75) is 39.2 Å². The first-order valence-electron chi connectivity index (χ1n) is 5.60. The van der Waals surface area contributed by atoms with E-state index in [1.54, 1.807) is 0 Å². The largest absolute Gasteiger partial charge is 0.339 e. The summed E-state index contributed by atoms with van der Waals surface area (Å²) in [5.74, 6) is 0.972. The molecule has 3 heteroatoms.